The molecular formula is C12H18N2O3S. The summed E-state index contributed by atoms with van der Waals surface area (Å²) in [5.74, 6) is 0.967. The molecule has 1 saturated carbocycles. The number of hydrogen-bond donors (Lipinski definition) is 2. The van der Waals surface area contributed by atoms with Crippen LogP contribution in [0.25, 0.3) is 0 Å². The Kier molecular flexibility index (Phi) is 3.89. The van der Waals surface area contributed by atoms with Gasteiger partial charge in [-0.3, -0.25) is 0 Å². The third-order valence-electron chi connectivity index (χ3n) is 3.13. The van der Waals surface area contributed by atoms with Crippen LogP contribution in [0.2, 0.25) is 0 Å². The third kappa shape index (κ3) is 3.01. The highest BCUT2D eigenvalue weighted by atomic mass is 32.2. The molecule has 100 valence electrons. The summed E-state index contributed by atoms with van der Waals surface area (Å²) in [6.45, 7) is 0.969. The van der Waals surface area contributed by atoms with Gasteiger partial charge < -0.3 is 10.1 Å². The second kappa shape index (κ2) is 5.26. The van der Waals surface area contributed by atoms with Gasteiger partial charge in [-0.15, -0.1) is 0 Å². The van der Waals surface area contributed by atoms with Crippen LogP contribution in [0.3, 0.4) is 0 Å². The number of benzene rings is 1. The van der Waals surface area contributed by atoms with Gasteiger partial charge in [0.2, 0.25) is 10.0 Å². The van der Waals surface area contributed by atoms with E-state index in [0.717, 1.165) is 19.4 Å². The van der Waals surface area contributed by atoms with Crippen LogP contribution in [-0.4, -0.2) is 28.1 Å². The lowest BCUT2D eigenvalue weighted by atomic mass is 9.82. The number of nitrogens with two attached hydrogens (primary N) is 1. The minimum absolute atomic E-state index is 0.0575. The fourth-order valence-corrected chi connectivity index (χ4v) is 2.85. The Balaban J connectivity index is 2.03. The summed E-state index contributed by atoms with van der Waals surface area (Å²) < 4.78 is 28.5. The van der Waals surface area contributed by atoms with Crippen molar-refractivity contribution in [2.24, 2.45) is 11.1 Å². The van der Waals surface area contributed by atoms with Crippen LogP contribution in [0.15, 0.2) is 29.2 Å². The molecule has 0 aliphatic heterocycles. The van der Waals surface area contributed by atoms with Crippen LogP contribution in [0.4, 0.5) is 0 Å². The molecule has 18 heavy (non-hydrogen) atoms. The maximum Gasteiger partial charge on any atom is 0.241 e. The second-order valence-corrected chi connectivity index (χ2v) is 6.16. The molecule has 2 rings (SSSR count). The number of para-hydroxylation sites is 1. The summed E-state index contributed by atoms with van der Waals surface area (Å²) in [5, 5.41) is 8.27. The molecule has 1 aliphatic carbocycles. The lowest BCUT2D eigenvalue weighted by molar-refractivity contribution is 0.0632. The van der Waals surface area contributed by atoms with Crippen LogP contribution in [0.5, 0.6) is 5.75 Å². The van der Waals surface area contributed by atoms with Crippen LogP contribution in [0.1, 0.15) is 12.8 Å². The Labute approximate surface area is 107 Å². The Morgan fingerprint density at radius 1 is 1.39 bits per heavy atom. The molecule has 0 spiro atoms. The summed E-state index contributed by atoms with van der Waals surface area (Å²) in [7, 11) is -1.80. The topological polar surface area (TPSA) is 81.4 Å². The average Bonchev–Trinajstić information content (AvgIpc) is 2.25. The monoisotopic (exact) mass is 270 g/mol. The maximum atomic E-state index is 11.4. The van der Waals surface area contributed by atoms with Crippen molar-refractivity contribution in [3.05, 3.63) is 24.3 Å². The van der Waals surface area contributed by atoms with Gasteiger partial charge in [-0.2, -0.15) is 0 Å². The van der Waals surface area contributed by atoms with Gasteiger partial charge in [0.1, 0.15) is 10.6 Å². The van der Waals surface area contributed by atoms with Gasteiger partial charge in [-0.1, -0.05) is 12.1 Å². The SMILES string of the molecule is CNCC1CC(Oc2ccccc2S(N)(=O)=O)C1. The molecular weight excluding hydrogens is 252 g/mol. The van der Waals surface area contributed by atoms with E-state index in [2.05, 4.69) is 5.32 Å². The predicted octanol–water partition coefficient (Wildman–Crippen LogP) is 0.711. The molecule has 0 bridgehead atoms. The first-order chi connectivity index (χ1) is 8.50. The summed E-state index contributed by atoms with van der Waals surface area (Å²) in [6, 6.07) is 6.49. The van der Waals surface area contributed by atoms with Crippen LogP contribution < -0.4 is 15.2 Å². The minimum Gasteiger partial charge on any atom is -0.489 e. The van der Waals surface area contributed by atoms with E-state index in [4.69, 9.17) is 9.88 Å². The fraction of sp³-hybridized carbons (Fsp3) is 0.500. The zero-order valence-corrected chi connectivity index (χ0v) is 11.1. The predicted molar refractivity (Wildman–Crippen MR) is 68.9 cm³/mol. The van der Waals surface area contributed by atoms with E-state index in [-0.39, 0.29) is 11.0 Å². The molecule has 0 radical (unpaired) electrons. The number of hydrogen-bond acceptors (Lipinski definition) is 4. The third-order valence-corrected chi connectivity index (χ3v) is 4.08. The highest BCUT2D eigenvalue weighted by molar-refractivity contribution is 7.89. The molecule has 0 aromatic heterocycles. The van der Waals surface area contributed by atoms with Gasteiger partial charge in [0.25, 0.3) is 0 Å². The summed E-state index contributed by atoms with van der Waals surface area (Å²) >= 11 is 0. The number of sulfonamides is 1. The molecule has 1 fully saturated rings. The quantitative estimate of drug-likeness (QED) is 0.825. The Morgan fingerprint density at radius 3 is 2.67 bits per heavy atom. The van der Waals surface area contributed by atoms with Gasteiger partial charge in [0.15, 0.2) is 0 Å². The van der Waals surface area contributed by atoms with Crippen molar-refractivity contribution in [2.45, 2.75) is 23.8 Å². The van der Waals surface area contributed by atoms with Crippen molar-refractivity contribution in [3.8, 4) is 5.75 Å². The first-order valence-electron chi connectivity index (χ1n) is 5.94. The molecule has 0 saturated heterocycles. The lowest BCUT2D eigenvalue weighted by Crippen LogP contribution is -2.38. The van der Waals surface area contributed by atoms with Crippen molar-refractivity contribution in [1.82, 2.24) is 5.32 Å². The normalized spacial score (nSPS) is 23.4. The molecule has 1 aromatic carbocycles. The Bertz CT molecular complexity index is 510. The molecule has 1 aliphatic rings. The van der Waals surface area contributed by atoms with E-state index < -0.39 is 10.0 Å². The highest BCUT2D eigenvalue weighted by Crippen LogP contribution is 2.33. The standard InChI is InChI=1S/C12H18N2O3S/c1-14-8-9-6-10(7-9)17-11-4-2-3-5-12(11)18(13,15)16/h2-5,9-10,14H,6-8H2,1H3,(H2,13,15,16). The molecule has 6 heteroatoms. The van der Waals surface area contributed by atoms with Crippen LogP contribution >= 0.6 is 0 Å². The van der Waals surface area contributed by atoms with E-state index in [9.17, 15) is 8.42 Å². The molecule has 0 unspecified atom stereocenters. The zero-order chi connectivity index (χ0) is 13.2. The average molecular weight is 270 g/mol. The Morgan fingerprint density at radius 2 is 2.06 bits per heavy atom. The van der Waals surface area contributed by atoms with Crippen molar-refractivity contribution in [3.63, 3.8) is 0 Å². The largest absolute Gasteiger partial charge is 0.489 e. The smallest absolute Gasteiger partial charge is 0.241 e. The van der Waals surface area contributed by atoms with Crippen molar-refractivity contribution < 1.29 is 13.2 Å². The number of primary sulfonamides is 1. The lowest BCUT2D eigenvalue weighted by Gasteiger charge is -2.35. The molecule has 3 N–H and O–H groups in total. The van der Waals surface area contributed by atoms with Crippen LogP contribution in [0, 0.1) is 5.92 Å². The minimum atomic E-state index is -3.72. The molecule has 1 aromatic rings. The summed E-state index contributed by atoms with van der Waals surface area (Å²) in [4.78, 5) is 0.0575. The van der Waals surface area contributed by atoms with E-state index in [1.807, 2.05) is 7.05 Å². The van der Waals surface area contributed by atoms with E-state index in [0.29, 0.717) is 11.7 Å². The molecule has 0 amide bonds. The highest BCUT2D eigenvalue weighted by Gasteiger charge is 2.31. The van der Waals surface area contributed by atoms with Gasteiger partial charge in [0, 0.05) is 0 Å². The Hall–Kier alpha value is -1.11. The zero-order valence-electron chi connectivity index (χ0n) is 10.3. The van der Waals surface area contributed by atoms with Crippen molar-refractivity contribution >= 4 is 10.0 Å². The van der Waals surface area contributed by atoms with Gasteiger partial charge in [-0.25, -0.2) is 13.6 Å². The van der Waals surface area contributed by atoms with Crippen molar-refractivity contribution in [2.75, 3.05) is 13.6 Å². The maximum absolute atomic E-state index is 11.4. The molecule has 5 nitrogen and oxygen atoms in total. The van der Waals surface area contributed by atoms with Crippen LogP contribution in [-0.2, 0) is 10.0 Å². The van der Waals surface area contributed by atoms with Gasteiger partial charge in [0.05, 0.1) is 6.10 Å². The second-order valence-electron chi connectivity index (χ2n) is 4.63. The number of ether oxygens (including phenoxy) is 1. The first kappa shape index (κ1) is 13.3. The van der Waals surface area contributed by atoms with E-state index in [1.54, 1.807) is 18.2 Å². The van der Waals surface area contributed by atoms with Gasteiger partial charge in [-0.05, 0) is 44.5 Å². The van der Waals surface area contributed by atoms with E-state index in [1.165, 1.54) is 6.07 Å². The fourth-order valence-electron chi connectivity index (χ4n) is 2.19. The number of rotatable bonds is 5. The molecule has 0 heterocycles. The van der Waals surface area contributed by atoms with Gasteiger partial charge >= 0.3 is 0 Å². The summed E-state index contributed by atoms with van der Waals surface area (Å²) in [5.41, 5.74) is 0. The number of nitrogens with one attached hydrogen (secondary N) is 1. The summed E-state index contributed by atoms with van der Waals surface area (Å²) in [6.07, 6.45) is 1.98. The first-order valence-corrected chi connectivity index (χ1v) is 7.48. The van der Waals surface area contributed by atoms with E-state index >= 15 is 0 Å². The van der Waals surface area contributed by atoms with Crippen molar-refractivity contribution in [1.29, 1.82) is 0 Å². The molecule has 0 atom stereocenters.